The molecule has 0 saturated heterocycles. The van der Waals surface area contributed by atoms with E-state index in [0.717, 1.165) is 39.8 Å². The van der Waals surface area contributed by atoms with Gasteiger partial charge in [-0.25, -0.2) is 15.0 Å². The van der Waals surface area contributed by atoms with Crippen molar-refractivity contribution in [1.29, 1.82) is 0 Å². The molecule has 3 aromatic heterocycles. The molecule has 0 fully saturated rings. The summed E-state index contributed by atoms with van der Waals surface area (Å²) in [6.07, 6.45) is 3.42. The van der Waals surface area contributed by atoms with E-state index in [-0.39, 0.29) is 0 Å². The van der Waals surface area contributed by atoms with Crippen LogP contribution in [0.15, 0.2) is 188 Å². The van der Waals surface area contributed by atoms with Crippen LogP contribution in [-0.4, -0.2) is 19.5 Å². The lowest BCUT2D eigenvalue weighted by Gasteiger charge is -2.12. The molecule has 0 radical (unpaired) electrons. The number of aryl methyl sites for hydroxylation is 1. The van der Waals surface area contributed by atoms with E-state index in [1.807, 2.05) is 29.5 Å². The lowest BCUT2D eigenvalue weighted by molar-refractivity contribution is 0.796. The minimum Gasteiger partial charge on any atom is -0.309 e. The van der Waals surface area contributed by atoms with Crippen LogP contribution in [0.3, 0.4) is 0 Å². The summed E-state index contributed by atoms with van der Waals surface area (Å²) in [5.41, 5.74) is 12.5. The maximum atomic E-state index is 5.16. The third kappa shape index (κ3) is 6.35. The zero-order chi connectivity index (χ0) is 40.0. The Morgan fingerprint density at radius 3 is 1.87 bits per heavy atom. The lowest BCUT2D eigenvalue weighted by atomic mass is 9.95. The molecule has 3 heterocycles. The number of fused-ring (bicyclic) bond motifs is 6. The van der Waals surface area contributed by atoms with Gasteiger partial charge >= 0.3 is 0 Å². The number of nitrogens with zero attached hydrogens (tertiary/aromatic N) is 4. The Kier molecular flexibility index (Phi) is 9.09. The molecule has 60 heavy (non-hydrogen) atoms. The Morgan fingerprint density at radius 2 is 1.03 bits per heavy atom. The Bertz CT molecular complexity index is 3360. The Balaban J connectivity index is 1.01. The first-order valence-electron chi connectivity index (χ1n) is 20.7. The lowest BCUT2D eigenvalue weighted by Crippen LogP contribution is -2.01. The number of benzene rings is 8. The SMILES string of the molecule is CCCCc1ccccc1-c1ccc(-c2nc(-c3ccccc3)nc(-c3cccc(-n4c5ccccc5c5cc(-c6cccc7c6sc6ccccc67)ccc54)c3)n2)cc1. The normalized spacial score (nSPS) is 11.6. The third-order valence-electron chi connectivity index (χ3n) is 11.7. The van der Waals surface area contributed by atoms with Crippen LogP contribution in [0.5, 0.6) is 0 Å². The molecule has 0 spiro atoms. The van der Waals surface area contributed by atoms with Crippen molar-refractivity contribution in [2.75, 3.05) is 0 Å². The summed E-state index contributed by atoms with van der Waals surface area (Å²) < 4.78 is 5.01. The zero-order valence-electron chi connectivity index (χ0n) is 33.2. The van der Waals surface area contributed by atoms with Gasteiger partial charge in [-0.2, -0.15) is 0 Å². The average Bonchev–Trinajstić information content (AvgIpc) is 3.87. The van der Waals surface area contributed by atoms with Crippen molar-refractivity contribution in [3.05, 3.63) is 194 Å². The van der Waals surface area contributed by atoms with Crippen LogP contribution in [0.25, 0.3) is 104 Å². The van der Waals surface area contributed by atoms with Crippen LogP contribution in [0.2, 0.25) is 0 Å². The molecule has 8 aromatic carbocycles. The number of hydrogen-bond acceptors (Lipinski definition) is 4. The highest BCUT2D eigenvalue weighted by Gasteiger charge is 2.18. The van der Waals surface area contributed by atoms with Gasteiger partial charge < -0.3 is 4.57 Å². The quantitative estimate of drug-likeness (QED) is 0.146. The van der Waals surface area contributed by atoms with Gasteiger partial charge in [-0.15, -0.1) is 11.3 Å². The van der Waals surface area contributed by atoms with Crippen molar-refractivity contribution in [2.24, 2.45) is 0 Å². The topological polar surface area (TPSA) is 43.6 Å². The first kappa shape index (κ1) is 35.9. The molecule has 11 rings (SSSR count). The molecule has 0 unspecified atom stereocenters. The number of para-hydroxylation sites is 1. The van der Waals surface area contributed by atoms with Gasteiger partial charge in [0, 0.05) is 53.3 Å². The minimum absolute atomic E-state index is 0.633. The van der Waals surface area contributed by atoms with Crippen molar-refractivity contribution in [3.63, 3.8) is 0 Å². The highest BCUT2D eigenvalue weighted by atomic mass is 32.1. The maximum absolute atomic E-state index is 5.16. The highest BCUT2D eigenvalue weighted by Crippen LogP contribution is 2.42. The fraction of sp³-hybridized carbons (Fsp3) is 0.0727. The summed E-state index contributed by atoms with van der Waals surface area (Å²) >= 11 is 1.87. The monoisotopic (exact) mass is 788 g/mol. The van der Waals surface area contributed by atoms with E-state index in [0.29, 0.717) is 17.5 Å². The van der Waals surface area contributed by atoms with Crippen molar-refractivity contribution in [1.82, 2.24) is 19.5 Å². The fourth-order valence-corrected chi connectivity index (χ4v) is 9.95. The van der Waals surface area contributed by atoms with E-state index in [1.54, 1.807) is 0 Å². The van der Waals surface area contributed by atoms with Gasteiger partial charge in [-0.1, -0.05) is 165 Å². The summed E-state index contributed by atoms with van der Waals surface area (Å²) in [4.78, 5) is 15.3. The molecule has 0 aliphatic heterocycles. The van der Waals surface area contributed by atoms with Gasteiger partial charge in [0.2, 0.25) is 0 Å². The molecule has 286 valence electrons. The summed E-state index contributed by atoms with van der Waals surface area (Å²) in [6, 6.07) is 67.3. The van der Waals surface area contributed by atoms with E-state index in [1.165, 1.54) is 71.6 Å². The molecular formula is C55H40N4S. The molecule has 0 aliphatic rings. The van der Waals surface area contributed by atoms with Gasteiger partial charge in [0.05, 0.1) is 11.0 Å². The van der Waals surface area contributed by atoms with Gasteiger partial charge in [0.15, 0.2) is 17.5 Å². The molecule has 0 aliphatic carbocycles. The first-order valence-corrected chi connectivity index (χ1v) is 21.6. The number of rotatable bonds is 9. The molecular weight excluding hydrogens is 749 g/mol. The van der Waals surface area contributed by atoms with Crippen molar-refractivity contribution in [2.45, 2.75) is 26.2 Å². The first-order chi connectivity index (χ1) is 29.7. The van der Waals surface area contributed by atoms with Crippen LogP contribution in [0, 0.1) is 0 Å². The number of unbranched alkanes of at least 4 members (excludes halogenated alkanes) is 1. The number of hydrogen-bond donors (Lipinski definition) is 0. The largest absolute Gasteiger partial charge is 0.309 e. The predicted octanol–water partition coefficient (Wildman–Crippen LogP) is 15.0. The second-order valence-electron chi connectivity index (χ2n) is 15.4. The molecule has 0 saturated carbocycles. The van der Waals surface area contributed by atoms with E-state index in [2.05, 4.69) is 181 Å². The number of thiophene rings is 1. The minimum atomic E-state index is 0.633. The fourth-order valence-electron chi connectivity index (χ4n) is 8.71. The summed E-state index contributed by atoms with van der Waals surface area (Å²) in [5, 5.41) is 5.06. The molecule has 0 bridgehead atoms. The molecule has 0 atom stereocenters. The summed E-state index contributed by atoms with van der Waals surface area (Å²) in [6.45, 7) is 2.24. The van der Waals surface area contributed by atoms with Crippen LogP contribution in [-0.2, 0) is 6.42 Å². The van der Waals surface area contributed by atoms with Crippen molar-refractivity contribution in [3.8, 4) is 62.1 Å². The van der Waals surface area contributed by atoms with Gasteiger partial charge in [0.1, 0.15) is 0 Å². The molecule has 0 N–H and O–H groups in total. The van der Waals surface area contributed by atoms with E-state index < -0.39 is 0 Å². The van der Waals surface area contributed by atoms with Crippen LogP contribution < -0.4 is 0 Å². The van der Waals surface area contributed by atoms with Gasteiger partial charge in [-0.05, 0) is 77.1 Å². The zero-order valence-corrected chi connectivity index (χ0v) is 34.0. The van der Waals surface area contributed by atoms with E-state index in [9.17, 15) is 0 Å². The Labute approximate surface area is 353 Å². The number of aromatic nitrogens is 4. The average molecular weight is 789 g/mol. The Morgan fingerprint density at radius 1 is 0.433 bits per heavy atom. The highest BCUT2D eigenvalue weighted by molar-refractivity contribution is 7.26. The molecule has 4 nitrogen and oxygen atoms in total. The van der Waals surface area contributed by atoms with Gasteiger partial charge in [-0.3, -0.25) is 0 Å². The summed E-state index contributed by atoms with van der Waals surface area (Å²) in [5.74, 6) is 1.93. The molecule has 0 amide bonds. The standard InChI is InChI=1S/C55H40N4S/c1-2-3-15-36-16-7-8-21-43(36)37-28-30-39(31-29-37)54-56-53(38-17-5-4-6-18-38)57-55(58-54)41-19-13-20-42(34-41)59-49-26-11-9-22-45(49)48-35-40(32-33-50(48)59)44-24-14-25-47-46-23-10-12-27-51(46)60-52(44)47/h4-14,16-35H,2-3,15H2,1H3. The van der Waals surface area contributed by atoms with Crippen molar-refractivity contribution >= 4 is 53.3 Å². The molecule has 5 heteroatoms. The maximum Gasteiger partial charge on any atom is 0.164 e. The van der Waals surface area contributed by atoms with Crippen LogP contribution in [0.1, 0.15) is 25.3 Å². The third-order valence-corrected chi connectivity index (χ3v) is 12.9. The predicted molar refractivity (Wildman–Crippen MR) is 253 cm³/mol. The second-order valence-corrected chi connectivity index (χ2v) is 16.5. The Hall–Kier alpha value is -7.21. The van der Waals surface area contributed by atoms with Gasteiger partial charge in [0.25, 0.3) is 0 Å². The van der Waals surface area contributed by atoms with Crippen LogP contribution >= 0.6 is 11.3 Å². The second kappa shape index (κ2) is 15.2. The van der Waals surface area contributed by atoms with Crippen LogP contribution in [0.4, 0.5) is 0 Å². The van der Waals surface area contributed by atoms with E-state index >= 15 is 0 Å². The van der Waals surface area contributed by atoms with Crippen molar-refractivity contribution < 1.29 is 0 Å². The smallest absolute Gasteiger partial charge is 0.164 e. The van der Waals surface area contributed by atoms with E-state index in [4.69, 9.17) is 15.0 Å². The molecule has 11 aromatic rings. The summed E-state index contributed by atoms with van der Waals surface area (Å²) in [7, 11) is 0.